The van der Waals surface area contributed by atoms with Crippen molar-refractivity contribution in [1.29, 1.82) is 0 Å². The first kappa shape index (κ1) is 15.4. The van der Waals surface area contributed by atoms with Crippen molar-refractivity contribution in [2.24, 2.45) is 0 Å². The summed E-state index contributed by atoms with van der Waals surface area (Å²) in [5.41, 5.74) is 0. The number of amides is 2. The Hall–Kier alpha value is -2.00. The van der Waals surface area contributed by atoms with Crippen LogP contribution in [0.1, 0.15) is 5.89 Å². The van der Waals surface area contributed by atoms with Gasteiger partial charge in [0.1, 0.15) is 6.04 Å². The minimum absolute atomic E-state index is 0.0244. The van der Waals surface area contributed by atoms with Crippen molar-refractivity contribution in [2.75, 3.05) is 45.6 Å². The average molecular weight is 296 g/mol. The number of likely N-dealkylation sites (N-methyl/N-ethyl adjacent to an activating group) is 1. The lowest BCUT2D eigenvalue weighted by atomic mass is 10.1. The first-order valence-corrected chi connectivity index (χ1v) is 6.73. The molecule has 1 unspecified atom stereocenters. The van der Waals surface area contributed by atoms with Crippen LogP contribution < -0.4 is 10.6 Å². The highest BCUT2D eigenvalue weighted by atomic mass is 16.4. The van der Waals surface area contributed by atoms with Crippen molar-refractivity contribution >= 4 is 17.8 Å². The number of piperazine rings is 1. The molecule has 1 fully saturated rings. The summed E-state index contributed by atoms with van der Waals surface area (Å²) >= 11 is 0. The first-order chi connectivity index (χ1) is 9.97. The van der Waals surface area contributed by atoms with Crippen LogP contribution in [-0.4, -0.2) is 78.1 Å². The van der Waals surface area contributed by atoms with Crippen molar-refractivity contribution in [3.63, 3.8) is 0 Å². The number of anilines is 1. The fourth-order valence-electron chi connectivity index (χ4n) is 2.17. The quantitative estimate of drug-likeness (QED) is 0.710. The number of nitrogens with one attached hydrogen (secondary N) is 2. The van der Waals surface area contributed by atoms with Gasteiger partial charge >= 0.3 is 6.01 Å². The van der Waals surface area contributed by atoms with E-state index in [1.165, 1.54) is 4.90 Å². The smallest absolute Gasteiger partial charge is 0.322 e. The summed E-state index contributed by atoms with van der Waals surface area (Å²) in [4.78, 5) is 27.5. The topological polar surface area (TPSA) is 104 Å². The van der Waals surface area contributed by atoms with Crippen molar-refractivity contribution < 1.29 is 14.0 Å². The molecule has 2 N–H and O–H groups in total. The van der Waals surface area contributed by atoms with Crippen LogP contribution in [0.4, 0.5) is 6.01 Å². The third-order valence-electron chi connectivity index (χ3n) is 3.20. The lowest BCUT2D eigenvalue weighted by Gasteiger charge is -2.35. The van der Waals surface area contributed by atoms with Gasteiger partial charge in [0.2, 0.25) is 17.7 Å². The van der Waals surface area contributed by atoms with Crippen LogP contribution in [-0.2, 0) is 9.59 Å². The number of carbonyl (C=O) groups excluding carboxylic acids is 2. The monoisotopic (exact) mass is 296 g/mol. The summed E-state index contributed by atoms with van der Waals surface area (Å²) in [5, 5.41) is 13.0. The van der Waals surface area contributed by atoms with E-state index in [4.69, 9.17) is 4.42 Å². The Labute approximate surface area is 122 Å². The lowest BCUT2D eigenvalue weighted by Crippen LogP contribution is -2.59. The van der Waals surface area contributed by atoms with E-state index in [2.05, 4.69) is 20.8 Å². The van der Waals surface area contributed by atoms with Gasteiger partial charge in [-0.3, -0.25) is 19.8 Å². The molecular formula is C12H20N6O3. The molecule has 1 atom stereocenters. The van der Waals surface area contributed by atoms with E-state index >= 15 is 0 Å². The highest BCUT2D eigenvalue weighted by molar-refractivity contribution is 5.91. The highest BCUT2D eigenvalue weighted by Crippen LogP contribution is 2.08. The summed E-state index contributed by atoms with van der Waals surface area (Å²) in [6.45, 7) is 3.65. The van der Waals surface area contributed by atoms with Crippen LogP contribution in [0.15, 0.2) is 4.42 Å². The normalized spacial score (nSPS) is 19.3. The molecule has 21 heavy (non-hydrogen) atoms. The molecule has 1 saturated heterocycles. The van der Waals surface area contributed by atoms with Crippen molar-refractivity contribution in [2.45, 2.75) is 13.0 Å². The van der Waals surface area contributed by atoms with Crippen LogP contribution in [0.2, 0.25) is 0 Å². The highest BCUT2D eigenvalue weighted by Gasteiger charge is 2.31. The van der Waals surface area contributed by atoms with Gasteiger partial charge in [-0.05, 0) is 0 Å². The molecule has 2 rings (SSSR count). The predicted molar refractivity (Wildman–Crippen MR) is 74.6 cm³/mol. The number of rotatable bonds is 4. The third kappa shape index (κ3) is 3.99. The maximum atomic E-state index is 12.1. The summed E-state index contributed by atoms with van der Waals surface area (Å²) in [6.07, 6.45) is 0. The molecule has 2 amide bonds. The molecule has 116 valence electrons. The summed E-state index contributed by atoms with van der Waals surface area (Å²) in [5.74, 6) is 0.0777. The molecule has 1 aromatic rings. The minimum Gasteiger partial charge on any atom is -0.408 e. The standard InChI is InChI=1S/C12H20N6O3/c1-8-15-16-12(21-8)14-10(19)7-18-5-4-13-6-9(18)11(20)17(2)3/h9,13H,4-7H2,1-3H3,(H,14,16,19). The number of aryl methyl sites for hydroxylation is 1. The second kappa shape index (κ2) is 6.64. The Morgan fingerprint density at radius 3 is 2.86 bits per heavy atom. The van der Waals surface area contributed by atoms with Gasteiger partial charge in [0.15, 0.2) is 0 Å². The zero-order valence-corrected chi connectivity index (χ0v) is 12.4. The molecule has 0 spiro atoms. The second-order valence-electron chi connectivity index (χ2n) is 5.10. The van der Waals surface area contributed by atoms with Gasteiger partial charge in [0.05, 0.1) is 6.54 Å². The number of hydrogen-bond donors (Lipinski definition) is 2. The Bertz CT molecular complexity index is 515. The molecule has 2 heterocycles. The van der Waals surface area contributed by atoms with Gasteiger partial charge in [-0.1, -0.05) is 5.10 Å². The lowest BCUT2D eigenvalue weighted by molar-refractivity contribution is -0.135. The van der Waals surface area contributed by atoms with Gasteiger partial charge in [-0.2, -0.15) is 0 Å². The fourth-order valence-corrected chi connectivity index (χ4v) is 2.17. The van der Waals surface area contributed by atoms with Crippen molar-refractivity contribution in [3.8, 4) is 0 Å². The number of hydrogen-bond acceptors (Lipinski definition) is 7. The number of aromatic nitrogens is 2. The molecule has 1 aliphatic rings. The van der Waals surface area contributed by atoms with E-state index in [0.29, 0.717) is 19.0 Å². The van der Waals surface area contributed by atoms with Crippen LogP contribution in [0.25, 0.3) is 0 Å². The molecule has 1 aliphatic heterocycles. The van der Waals surface area contributed by atoms with E-state index in [1.807, 2.05) is 4.90 Å². The Morgan fingerprint density at radius 1 is 1.48 bits per heavy atom. The molecule has 0 radical (unpaired) electrons. The van der Waals surface area contributed by atoms with E-state index in [-0.39, 0.29) is 30.4 Å². The zero-order valence-electron chi connectivity index (χ0n) is 12.4. The van der Waals surface area contributed by atoms with E-state index < -0.39 is 0 Å². The molecule has 0 aliphatic carbocycles. The molecule has 1 aromatic heterocycles. The third-order valence-corrected chi connectivity index (χ3v) is 3.20. The number of carbonyl (C=O) groups is 2. The Morgan fingerprint density at radius 2 is 2.24 bits per heavy atom. The van der Waals surface area contributed by atoms with Crippen LogP contribution in [0.5, 0.6) is 0 Å². The number of nitrogens with zero attached hydrogens (tertiary/aromatic N) is 4. The Kier molecular flexibility index (Phi) is 4.86. The molecule has 0 bridgehead atoms. The van der Waals surface area contributed by atoms with Gasteiger partial charge in [-0.15, -0.1) is 5.10 Å². The largest absolute Gasteiger partial charge is 0.408 e. The van der Waals surface area contributed by atoms with Crippen molar-refractivity contribution in [1.82, 2.24) is 25.3 Å². The molecular weight excluding hydrogens is 276 g/mol. The van der Waals surface area contributed by atoms with Gasteiger partial charge in [0, 0.05) is 40.7 Å². The summed E-state index contributed by atoms with van der Waals surface area (Å²) in [7, 11) is 3.41. The first-order valence-electron chi connectivity index (χ1n) is 6.73. The fraction of sp³-hybridized carbons (Fsp3) is 0.667. The van der Waals surface area contributed by atoms with Crippen molar-refractivity contribution in [3.05, 3.63) is 5.89 Å². The predicted octanol–water partition coefficient (Wildman–Crippen LogP) is -1.32. The van der Waals surface area contributed by atoms with E-state index in [0.717, 1.165) is 6.54 Å². The molecule has 0 saturated carbocycles. The van der Waals surface area contributed by atoms with Crippen LogP contribution in [0.3, 0.4) is 0 Å². The van der Waals surface area contributed by atoms with E-state index in [1.54, 1.807) is 21.0 Å². The van der Waals surface area contributed by atoms with Gasteiger partial charge in [-0.25, -0.2) is 0 Å². The summed E-state index contributed by atoms with van der Waals surface area (Å²) < 4.78 is 5.10. The van der Waals surface area contributed by atoms with Gasteiger partial charge < -0.3 is 14.6 Å². The van der Waals surface area contributed by atoms with Gasteiger partial charge in [0.25, 0.3) is 0 Å². The zero-order chi connectivity index (χ0) is 15.4. The SMILES string of the molecule is Cc1nnc(NC(=O)CN2CCNCC2C(=O)N(C)C)o1. The molecule has 9 nitrogen and oxygen atoms in total. The van der Waals surface area contributed by atoms with Crippen LogP contribution >= 0.6 is 0 Å². The van der Waals surface area contributed by atoms with Crippen LogP contribution in [0, 0.1) is 6.92 Å². The second-order valence-corrected chi connectivity index (χ2v) is 5.10. The average Bonchev–Trinajstić information content (AvgIpc) is 2.83. The Balaban J connectivity index is 1.95. The minimum atomic E-state index is -0.344. The maximum absolute atomic E-state index is 12.1. The maximum Gasteiger partial charge on any atom is 0.322 e. The molecule has 9 heteroatoms. The summed E-state index contributed by atoms with van der Waals surface area (Å²) in [6, 6.07) is -0.271. The van der Waals surface area contributed by atoms with E-state index in [9.17, 15) is 9.59 Å². The molecule has 0 aromatic carbocycles.